The first-order valence-electron chi connectivity index (χ1n) is 5.65. The average molecular weight is 235 g/mol. The van der Waals surface area contributed by atoms with Crippen molar-refractivity contribution in [3.8, 4) is 0 Å². The Bertz CT molecular complexity index is 427. The third-order valence-corrected chi connectivity index (χ3v) is 2.23. The monoisotopic (exact) mass is 235 g/mol. The zero-order valence-corrected chi connectivity index (χ0v) is 10.4. The Kier molecular flexibility index (Phi) is 4.69. The molecule has 1 N–H and O–H groups in total. The van der Waals surface area contributed by atoms with E-state index in [-0.39, 0.29) is 5.78 Å². The summed E-state index contributed by atoms with van der Waals surface area (Å²) in [7, 11) is 0. The summed E-state index contributed by atoms with van der Waals surface area (Å²) in [6.07, 6.45) is 0. The zero-order valence-electron chi connectivity index (χ0n) is 10.4. The van der Waals surface area contributed by atoms with Crippen LogP contribution in [0.25, 0.3) is 0 Å². The fourth-order valence-corrected chi connectivity index (χ4v) is 1.47. The maximum Gasteiger partial charge on any atom is 0.338 e. The molecule has 0 aliphatic rings. The lowest BCUT2D eigenvalue weighted by Crippen LogP contribution is -2.08. The van der Waals surface area contributed by atoms with Crippen LogP contribution in [0.15, 0.2) is 18.2 Å². The van der Waals surface area contributed by atoms with Crippen molar-refractivity contribution >= 4 is 17.4 Å². The van der Waals surface area contributed by atoms with Crippen LogP contribution in [0.5, 0.6) is 0 Å². The lowest BCUT2D eigenvalue weighted by Gasteiger charge is -2.08. The maximum atomic E-state index is 11.6. The van der Waals surface area contributed by atoms with Gasteiger partial charge in [-0.3, -0.25) is 4.79 Å². The fraction of sp³-hybridized carbons (Fsp3) is 0.385. The molecule has 92 valence electrons. The van der Waals surface area contributed by atoms with Gasteiger partial charge < -0.3 is 10.1 Å². The van der Waals surface area contributed by atoms with Crippen LogP contribution in [-0.4, -0.2) is 24.9 Å². The molecule has 0 bridgehead atoms. The molecule has 0 atom stereocenters. The summed E-state index contributed by atoms with van der Waals surface area (Å²) >= 11 is 0. The summed E-state index contributed by atoms with van der Waals surface area (Å²) < 4.78 is 4.92. The summed E-state index contributed by atoms with van der Waals surface area (Å²) in [5.41, 5.74) is 1.66. The molecule has 0 spiro atoms. The Labute approximate surface area is 101 Å². The maximum absolute atomic E-state index is 11.6. The molecule has 0 saturated carbocycles. The zero-order chi connectivity index (χ0) is 12.8. The molecule has 1 rings (SSSR count). The number of ether oxygens (including phenoxy) is 1. The first kappa shape index (κ1) is 13.2. The third kappa shape index (κ3) is 3.59. The molecule has 4 heteroatoms. The van der Waals surface area contributed by atoms with Crippen molar-refractivity contribution in [2.24, 2.45) is 0 Å². The summed E-state index contributed by atoms with van der Waals surface area (Å²) in [5.74, 6) is -0.481. The van der Waals surface area contributed by atoms with Crippen molar-refractivity contribution in [3.05, 3.63) is 29.3 Å². The lowest BCUT2D eigenvalue weighted by atomic mass is 10.1. The van der Waals surface area contributed by atoms with Crippen LogP contribution < -0.4 is 5.32 Å². The van der Waals surface area contributed by atoms with E-state index in [1.807, 2.05) is 6.92 Å². The van der Waals surface area contributed by atoms with Gasteiger partial charge >= 0.3 is 5.97 Å². The fourth-order valence-electron chi connectivity index (χ4n) is 1.47. The van der Waals surface area contributed by atoms with E-state index in [1.165, 1.54) is 6.92 Å². The van der Waals surface area contributed by atoms with Crippen LogP contribution in [0.1, 0.15) is 41.5 Å². The molecule has 0 heterocycles. The van der Waals surface area contributed by atoms with Gasteiger partial charge in [0.05, 0.1) is 12.2 Å². The highest BCUT2D eigenvalue weighted by Crippen LogP contribution is 2.16. The molecule has 0 fully saturated rings. The summed E-state index contributed by atoms with van der Waals surface area (Å²) in [5, 5.41) is 3.08. The molecular formula is C13H17NO3. The number of benzene rings is 1. The van der Waals surface area contributed by atoms with Gasteiger partial charge in [0, 0.05) is 17.8 Å². The normalized spacial score (nSPS) is 9.82. The molecule has 0 aliphatic carbocycles. The molecule has 0 radical (unpaired) electrons. The van der Waals surface area contributed by atoms with Crippen LogP contribution in [0.3, 0.4) is 0 Å². The number of nitrogens with one attached hydrogen (secondary N) is 1. The topological polar surface area (TPSA) is 55.4 Å². The predicted octanol–water partition coefficient (Wildman–Crippen LogP) is 2.50. The van der Waals surface area contributed by atoms with E-state index in [0.29, 0.717) is 17.7 Å². The van der Waals surface area contributed by atoms with E-state index in [2.05, 4.69) is 5.32 Å². The number of hydrogen-bond acceptors (Lipinski definition) is 4. The molecular weight excluding hydrogens is 218 g/mol. The Balaban J connectivity index is 3.11. The molecule has 0 amide bonds. The van der Waals surface area contributed by atoms with Gasteiger partial charge in [-0.05, 0) is 39.0 Å². The SMILES string of the molecule is CCNc1cc(C(C)=O)cc(C(=O)OCC)c1. The Morgan fingerprint density at radius 2 is 1.82 bits per heavy atom. The van der Waals surface area contributed by atoms with Crippen molar-refractivity contribution in [1.82, 2.24) is 0 Å². The summed E-state index contributed by atoms with van der Waals surface area (Å²) in [6, 6.07) is 4.98. The van der Waals surface area contributed by atoms with Gasteiger partial charge in [0.15, 0.2) is 5.78 Å². The molecule has 0 aromatic heterocycles. The second kappa shape index (κ2) is 6.03. The first-order valence-corrected chi connectivity index (χ1v) is 5.65. The summed E-state index contributed by atoms with van der Waals surface area (Å²) in [6.45, 7) is 6.21. The number of hydrogen-bond donors (Lipinski definition) is 1. The second-order valence-electron chi connectivity index (χ2n) is 3.61. The standard InChI is InChI=1S/C13H17NO3/c1-4-14-12-7-10(9(3)15)6-11(8-12)13(16)17-5-2/h6-8,14H,4-5H2,1-3H3. The molecule has 0 unspecified atom stereocenters. The van der Waals surface area contributed by atoms with Crippen LogP contribution in [0.4, 0.5) is 5.69 Å². The smallest absolute Gasteiger partial charge is 0.338 e. The van der Waals surface area contributed by atoms with Gasteiger partial charge in [0.1, 0.15) is 0 Å². The number of esters is 1. The second-order valence-corrected chi connectivity index (χ2v) is 3.61. The van der Waals surface area contributed by atoms with Crippen LogP contribution in [0, 0.1) is 0 Å². The van der Waals surface area contributed by atoms with Crippen LogP contribution in [0.2, 0.25) is 0 Å². The molecule has 0 aliphatic heterocycles. The molecule has 0 saturated heterocycles. The minimum Gasteiger partial charge on any atom is -0.462 e. The van der Waals surface area contributed by atoms with Gasteiger partial charge in [-0.2, -0.15) is 0 Å². The number of Topliss-reactive ketones (excluding diaryl/α,β-unsaturated/α-hetero) is 1. The van der Waals surface area contributed by atoms with Crippen LogP contribution in [-0.2, 0) is 4.74 Å². The quantitative estimate of drug-likeness (QED) is 0.629. The molecule has 4 nitrogen and oxygen atoms in total. The number of carbonyl (C=O) groups is 2. The van der Waals surface area contributed by atoms with E-state index < -0.39 is 5.97 Å². The highest BCUT2D eigenvalue weighted by molar-refractivity contribution is 5.99. The van der Waals surface area contributed by atoms with Gasteiger partial charge in [-0.15, -0.1) is 0 Å². The molecule has 1 aromatic rings. The number of ketones is 1. The van der Waals surface area contributed by atoms with Crippen molar-refractivity contribution in [3.63, 3.8) is 0 Å². The minimum absolute atomic E-state index is 0.0738. The lowest BCUT2D eigenvalue weighted by molar-refractivity contribution is 0.0526. The largest absolute Gasteiger partial charge is 0.462 e. The van der Waals surface area contributed by atoms with Crippen LogP contribution >= 0.6 is 0 Å². The van der Waals surface area contributed by atoms with Crippen molar-refractivity contribution < 1.29 is 14.3 Å². The first-order chi connectivity index (χ1) is 8.08. The molecule has 17 heavy (non-hydrogen) atoms. The number of carbonyl (C=O) groups excluding carboxylic acids is 2. The molecule has 1 aromatic carbocycles. The predicted molar refractivity (Wildman–Crippen MR) is 66.6 cm³/mol. The van der Waals surface area contributed by atoms with E-state index in [9.17, 15) is 9.59 Å². The number of rotatable bonds is 5. The Morgan fingerprint density at radius 1 is 1.18 bits per heavy atom. The average Bonchev–Trinajstić information content (AvgIpc) is 2.29. The number of anilines is 1. The summed E-state index contributed by atoms with van der Waals surface area (Å²) in [4.78, 5) is 23.0. The van der Waals surface area contributed by atoms with Gasteiger partial charge in [0.2, 0.25) is 0 Å². The highest BCUT2D eigenvalue weighted by Gasteiger charge is 2.11. The van der Waals surface area contributed by atoms with Crippen molar-refractivity contribution in [2.75, 3.05) is 18.5 Å². The van der Waals surface area contributed by atoms with Gasteiger partial charge in [0.25, 0.3) is 0 Å². The van der Waals surface area contributed by atoms with E-state index >= 15 is 0 Å². The van der Waals surface area contributed by atoms with Crippen molar-refractivity contribution in [1.29, 1.82) is 0 Å². The van der Waals surface area contributed by atoms with Crippen molar-refractivity contribution in [2.45, 2.75) is 20.8 Å². The van der Waals surface area contributed by atoms with E-state index in [1.54, 1.807) is 25.1 Å². The van der Waals surface area contributed by atoms with Gasteiger partial charge in [-0.25, -0.2) is 4.79 Å². The third-order valence-electron chi connectivity index (χ3n) is 2.23. The van der Waals surface area contributed by atoms with Gasteiger partial charge in [-0.1, -0.05) is 0 Å². The highest BCUT2D eigenvalue weighted by atomic mass is 16.5. The Hall–Kier alpha value is -1.84. The Morgan fingerprint density at radius 3 is 2.35 bits per heavy atom. The minimum atomic E-state index is -0.408. The van der Waals surface area contributed by atoms with E-state index in [0.717, 1.165) is 12.2 Å². The van der Waals surface area contributed by atoms with E-state index in [4.69, 9.17) is 4.74 Å².